The van der Waals surface area contributed by atoms with Gasteiger partial charge in [0.05, 0.1) is 5.69 Å². The number of aryl methyl sites for hydroxylation is 3. The summed E-state index contributed by atoms with van der Waals surface area (Å²) in [5.74, 6) is 0. The number of aromatic nitrogens is 1. The number of rotatable bonds is 3. The molecular formula is C21H20Cl2NPPd. The Morgan fingerprint density at radius 1 is 0.885 bits per heavy atom. The van der Waals surface area contributed by atoms with Gasteiger partial charge in [-0.3, -0.25) is 4.98 Å². The van der Waals surface area contributed by atoms with Gasteiger partial charge in [0.15, 0.2) is 0 Å². The summed E-state index contributed by atoms with van der Waals surface area (Å²) < 4.78 is 0. The quantitative estimate of drug-likeness (QED) is 0.311. The molecule has 0 aliphatic carbocycles. The molecular weight excluding hydrogens is 475 g/mol. The van der Waals surface area contributed by atoms with Gasteiger partial charge in [-0.1, -0.05) is 62.3 Å². The second kappa shape index (κ2) is 11.0. The first-order valence-corrected chi connectivity index (χ1v) is 12.9. The number of hydrogen-bond donors (Lipinski definition) is 0. The third kappa shape index (κ3) is 6.02. The average Bonchev–Trinajstić information content (AvgIpc) is 2.63. The second-order valence-corrected chi connectivity index (χ2v) is 9.31. The van der Waals surface area contributed by atoms with Crippen LogP contribution in [0.25, 0.3) is 0 Å². The van der Waals surface area contributed by atoms with E-state index in [1.54, 1.807) is 0 Å². The molecule has 0 unspecified atom stereocenters. The normalized spacial score (nSPS) is 11.0. The first-order valence-electron chi connectivity index (χ1n) is 8.02. The van der Waals surface area contributed by atoms with Gasteiger partial charge in [-0.05, 0) is 49.6 Å². The number of hydrogen-bond acceptors (Lipinski definition) is 1. The molecule has 26 heavy (non-hydrogen) atoms. The maximum atomic E-state index is 4.81. The fourth-order valence-electron chi connectivity index (χ4n) is 2.83. The zero-order valence-electron chi connectivity index (χ0n) is 14.8. The summed E-state index contributed by atoms with van der Waals surface area (Å²) >= 11 is -0.106. The molecule has 3 aromatic rings. The van der Waals surface area contributed by atoms with Gasteiger partial charge in [0, 0.05) is 16.8 Å². The first-order chi connectivity index (χ1) is 12.6. The molecule has 1 heterocycles. The molecule has 5 heteroatoms. The zero-order valence-corrected chi connectivity index (χ0v) is 18.8. The van der Waals surface area contributed by atoms with E-state index in [0.717, 1.165) is 5.69 Å². The molecule has 0 atom stereocenters. The summed E-state index contributed by atoms with van der Waals surface area (Å²) in [4.78, 5) is 4.58. The van der Waals surface area contributed by atoms with Crippen molar-refractivity contribution >= 4 is 37.9 Å². The van der Waals surface area contributed by atoms with E-state index in [1.807, 2.05) is 12.3 Å². The van der Waals surface area contributed by atoms with Crippen molar-refractivity contribution in [3.05, 3.63) is 94.8 Å². The van der Waals surface area contributed by atoms with E-state index in [4.69, 9.17) is 19.1 Å². The van der Waals surface area contributed by atoms with Crippen LogP contribution in [0, 0.1) is 20.8 Å². The van der Waals surface area contributed by atoms with Gasteiger partial charge < -0.3 is 0 Å². The molecule has 0 saturated heterocycles. The number of benzene rings is 2. The molecule has 2 aromatic carbocycles. The fraction of sp³-hybridized carbons (Fsp3) is 0.143. The Morgan fingerprint density at radius 2 is 1.46 bits per heavy atom. The summed E-state index contributed by atoms with van der Waals surface area (Å²) in [5, 5.41) is 2.63. The maximum absolute atomic E-state index is 4.81. The molecule has 0 N–H and O–H groups in total. The molecule has 0 bridgehead atoms. The van der Waals surface area contributed by atoms with Crippen LogP contribution in [0.1, 0.15) is 27.9 Å². The zero-order chi connectivity index (χ0) is 18.9. The Kier molecular flexibility index (Phi) is 9.00. The molecule has 0 spiro atoms. The van der Waals surface area contributed by atoms with Crippen LogP contribution in [0.4, 0.5) is 0 Å². The van der Waals surface area contributed by atoms with Crippen LogP contribution in [0.5, 0.6) is 0 Å². The molecule has 1 nitrogen and oxygen atoms in total. The second-order valence-electron chi connectivity index (χ2n) is 5.83. The van der Waals surface area contributed by atoms with E-state index < -0.39 is 0 Å². The number of pyridine rings is 1. The van der Waals surface area contributed by atoms with Crippen LogP contribution >= 0.6 is 27.3 Å². The molecule has 3 rings (SSSR count). The van der Waals surface area contributed by atoms with Crippen LogP contribution in [-0.4, -0.2) is 10.3 Å². The van der Waals surface area contributed by atoms with Crippen molar-refractivity contribution in [2.75, 3.05) is 0 Å². The van der Waals surface area contributed by atoms with E-state index in [9.17, 15) is 0 Å². The van der Waals surface area contributed by atoms with Crippen molar-refractivity contribution < 1.29 is 15.9 Å². The Hall–Kier alpha value is -0.998. The van der Waals surface area contributed by atoms with Crippen LogP contribution in [0.15, 0.2) is 66.9 Å². The summed E-state index contributed by atoms with van der Waals surface area (Å²) in [7, 11) is 10.8. The van der Waals surface area contributed by atoms with Gasteiger partial charge >= 0.3 is 35.0 Å². The van der Waals surface area contributed by atoms with Crippen molar-refractivity contribution in [2.24, 2.45) is 0 Å². The van der Waals surface area contributed by atoms with Crippen molar-refractivity contribution in [2.45, 2.75) is 20.8 Å². The SMILES string of the molecule is Cc1cc(C)c(P=C(c2ccccc2)c2ccccn2)c(C)c1.[Cl][Pd][Cl]. The van der Waals surface area contributed by atoms with Gasteiger partial charge in [0.25, 0.3) is 0 Å². The molecule has 138 valence electrons. The van der Waals surface area contributed by atoms with Crippen molar-refractivity contribution in [3.63, 3.8) is 0 Å². The number of nitrogens with zero attached hydrogens (tertiary/aromatic N) is 1. The van der Waals surface area contributed by atoms with Crippen molar-refractivity contribution in [1.82, 2.24) is 4.98 Å². The van der Waals surface area contributed by atoms with Crippen LogP contribution in [0.3, 0.4) is 0 Å². The standard InChI is InChI=1S/C21H20NP.2ClH.Pd/c1-15-13-16(2)20(17(3)14-15)23-21(18-9-5-4-6-10-18)19-11-7-8-12-22-19;;;/h4-14H,1-3H3;2*1H;/q;;;+2/p-2. The van der Waals surface area contributed by atoms with E-state index in [1.165, 1.54) is 41.1 Å². The molecule has 1 aromatic heterocycles. The Morgan fingerprint density at radius 3 is 2.00 bits per heavy atom. The van der Waals surface area contributed by atoms with Crippen molar-refractivity contribution in [1.29, 1.82) is 0 Å². The molecule has 0 aliphatic rings. The van der Waals surface area contributed by atoms with E-state index in [-0.39, 0.29) is 15.9 Å². The monoisotopic (exact) mass is 493 g/mol. The summed E-state index contributed by atoms with van der Waals surface area (Å²) in [5.41, 5.74) is 6.27. The van der Waals surface area contributed by atoms with Crippen molar-refractivity contribution in [3.8, 4) is 0 Å². The molecule has 0 aliphatic heterocycles. The molecule has 0 saturated carbocycles. The molecule has 0 fully saturated rings. The first kappa shape index (κ1) is 21.3. The van der Waals surface area contributed by atoms with Gasteiger partial charge in [-0.2, -0.15) is 0 Å². The van der Waals surface area contributed by atoms with Gasteiger partial charge in [-0.25, -0.2) is 0 Å². The van der Waals surface area contributed by atoms with Crippen LogP contribution in [0.2, 0.25) is 0 Å². The third-order valence-electron chi connectivity index (χ3n) is 3.81. The predicted molar refractivity (Wildman–Crippen MR) is 113 cm³/mol. The Labute approximate surface area is 173 Å². The van der Waals surface area contributed by atoms with Gasteiger partial charge in [0.2, 0.25) is 0 Å². The summed E-state index contributed by atoms with van der Waals surface area (Å²) in [6.07, 6.45) is 1.86. The van der Waals surface area contributed by atoms with E-state index >= 15 is 0 Å². The van der Waals surface area contributed by atoms with E-state index in [0.29, 0.717) is 0 Å². The number of halogens is 2. The predicted octanol–water partition coefficient (Wildman–Crippen LogP) is 6.22. The fourth-order valence-corrected chi connectivity index (χ4v) is 4.06. The topological polar surface area (TPSA) is 12.9 Å². The third-order valence-corrected chi connectivity index (χ3v) is 5.45. The minimum atomic E-state index is -0.106. The molecule has 0 amide bonds. The minimum absolute atomic E-state index is 0.106. The average molecular weight is 495 g/mol. The Balaban J connectivity index is 0.000000758. The van der Waals surface area contributed by atoms with Crippen LogP contribution < -0.4 is 5.30 Å². The van der Waals surface area contributed by atoms with Gasteiger partial charge in [0.1, 0.15) is 0 Å². The Bertz CT molecular complexity index is 803. The molecule has 0 radical (unpaired) electrons. The summed E-state index contributed by atoms with van der Waals surface area (Å²) in [6, 6.07) is 21.2. The van der Waals surface area contributed by atoms with Crippen LogP contribution in [-0.2, 0) is 15.9 Å². The summed E-state index contributed by atoms with van der Waals surface area (Å²) in [6.45, 7) is 6.55. The van der Waals surface area contributed by atoms with Gasteiger partial charge in [-0.15, -0.1) is 0 Å². The van der Waals surface area contributed by atoms with E-state index in [2.05, 4.69) is 80.4 Å².